The maximum absolute atomic E-state index is 12.4. The summed E-state index contributed by atoms with van der Waals surface area (Å²) >= 11 is 1.56. The summed E-state index contributed by atoms with van der Waals surface area (Å²) in [5, 5.41) is 0.826. The van der Waals surface area contributed by atoms with Crippen LogP contribution >= 0.6 is 11.3 Å². The van der Waals surface area contributed by atoms with Crippen molar-refractivity contribution in [3.05, 3.63) is 29.3 Å². The molecule has 0 amide bonds. The van der Waals surface area contributed by atoms with Gasteiger partial charge in [0, 0.05) is 11.8 Å². The number of aromatic nitrogens is 1. The van der Waals surface area contributed by atoms with E-state index < -0.39 is 0 Å². The van der Waals surface area contributed by atoms with E-state index in [1.807, 2.05) is 24.3 Å². The van der Waals surface area contributed by atoms with Gasteiger partial charge in [-0.05, 0) is 37.8 Å². The number of thiazole rings is 1. The number of carbonyl (C=O) groups is 2. The molecule has 0 saturated heterocycles. The highest BCUT2D eigenvalue weighted by atomic mass is 32.1. The number of benzene rings is 1. The number of hydrogen-bond donors (Lipinski definition) is 0. The zero-order valence-corrected chi connectivity index (χ0v) is 13.7. The van der Waals surface area contributed by atoms with Crippen LogP contribution in [0.2, 0.25) is 0 Å². The van der Waals surface area contributed by atoms with E-state index in [9.17, 15) is 9.59 Å². The second-order valence-corrected chi connectivity index (χ2v) is 7.69. The van der Waals surface area contributed by atoms with E-state index in [0.29, 0.717) is 18.6 Å². The summed E-state index contributed by atoms with van der Waals surface area (Å²) in [7, 11) is 0. The van der Waals surface area contributed by atoms with Crippen molar-refractivity contribution in [1.29, 1.82) is 0 Å². The normalized spacial score (nSPS) is 27.1. The van der Waals surface area contributed by atoms with Crippen molar-refractivity contribution in [3.8, 4) is 0 Å². The number of ether oxygens (including phenoxy) is 1. The molecule has 1 aromatic carbocycles. The predicted octanol–water partition coefficient (Wildman–Crippen LogP) is 3.73. The largest absolute Gasteiger partial charge is 0.458 e. The fourth-order valence-electron chi connectivity index (χ4n) is 3.90. The van der Waals surface area contributed by atoms with Gasteiger partial charge < -0.3 is 4.74 Å². The highest BCUT2D eigenvalue weighted by Gasteiger charge is 2.41. The molecular weight excluding hydrogens is 310 g/mol. The topological polar surface area (TPSA) is 56.3 Å². The molecule has 2 saturated carbocycles. The van der Waals surface area contributed by atoms with Gasteiger partial charge >= 0.3 is 5.97 Å². The Bertz CT molecular complexity index is 705. The van der Waals surface area contributed by atoms with Crippen LogP contribution in [0.3, 0.4) is 0 Å². The Morgan fingerprint density at radius 1 is 1.22 bits per heavy atom. The third-order valence-electron chi connectivity index (χ3n) is 5.06. The minimum absolute atomic E-state index is 0.0856. The van der Waals surface area contributed by atoms with Gasteiger partial charge in [-0.15, -0.1) is 11.3 Å². The first-order valence-electron chi connectivity index (χ1n) is 8.25. The maximum atomic E-state index is 12.4. The summed E-state index contributed by atoms with van der Waals surface area (Å²) < 4.78 is 6.60. The quantitative estimate of drug-likeness (QED) is 0.805. The third-order valence-corrected chi connectivity index (χ3v) is 6.07. The van der Waals surface area contributed by atoms with E-state index in [-0.39, 0.29) is 30.3 Å². The fourth-order valence-corrected chi connectivity index (χ4v) is 4.79. The molecule has 0 aliphatic heterocycles. The van der Waals surface area contributed by atoms with Gasteiger partial charge in [-0.25, -0.2) is 4.98 Å². The molecule has 23 heavy (non-hydrogen) atoms. The fraction of sp³-hybridized carbons (Fsp3) is 0.500. The lowest BCUT2D eigenvalue weighted by Gasteiger charge is -2.36. The molecule has 0 N–H and O–H groups in total. The Hall–Kier alpha value is -1.75. The van der Waals surface area contributed by atoms with E-state index in [1.54, 1.807) is 11.3 Å². The molecule has 2 aliphatic carbocycles. The summed E-state index contributed by atoms with van der Waals surface area (Å²) in [5.74, 6) is 0.280. The number of rotatable bonds is 3. The molecule has 2 unspecified atom stereocenters. The van der Waals surface area contributed by atoms with Crippen LogP contribution in [0.5, 0.6) is 0 Å². The number of carbonyl (C=O) groups excluding carboxylic acids is 2. The van der Waals surface area contributed by atoms with Crippen molar-refractivity contribution in [2.24, 2.45) is 17.8 Å². The van der Waals surface area contributed by atoms with E-state index >= 15 is 0 Å². The van der Waals surface area contributed by atoms with E-state index in [0.717, 1.165) is 34.5 Å². The Balaban J connectivity index is 1.39. The van der Waals surface area contributed by atoms with Gasteiger partial charge in [-0.2, -0.15) is 0 Å². The number of hydrogen-bond acceptors (Lipinski definition) is 5. The second kappa shape index (κ2) is 6.04. The molecule has 2 fully saturated rings. The van der Waals surface area contributed by atoms with Crippen molar-refractivity contribution in [2.75, 3.05) is 0 Å². The zero-order valence-electron chi connectivity index (χ0n) is 12.9. The highest BCUT2D eigenvalue weighted by Crippen LogP contribution is 2.40. The molecule has 0 radical (unpaired) electrons. The Labute approximate surface area is 138 Å². The molecule has 2 atom stereocenters. The minimum Gasteiger partial charge on any atom is -0.458 e. The molecule has 5 heteroatoms. The van der Waals surface area contributed by atoms with Crippen LogP contribution in [-0.4, -0.2) is 16.7 Å². The molecule has 2 bridgehead atoms. The Kier molecular flexibility index (Phi) is 3.89. The van der Waals surface area contributed by atoms with Gasteiger partial charge in [0.25, 0.3) is 0 Å². The first-order valence-corrected chi connectivity index (χ1v) is 9.07. The van der Waals surface area contributed by atoms with Gasteiger partial charge in [0.15, 0.2) is 0 Å². The van der Waals surface area contributed by atoms with E-state index in [2.05, 4.69) is 4.98 Å². The second-order valence-electron chi connectivity index (χ2n) is 6.58. The summed E-state index contributed by atoms with van der Waals surface area (Å²) in [6, 6.07) is 7.92. The zero-order chi connectivity index (χ0) is 15.8. The summed E-state index contributed by atoms with van der Waals surface area (Å²) in [6.07, 6.45) is 4.35. The maximum Gasteiger partial charge on any atom is 0.309 e. The molecule has 2 aliphatic rings. The molecule has 2 aromatic rings. The monoisotopic (exact) mass is 329 g/mol. The van der Waals surface area contributed by atoms with Crippen LogP contribution in [0, 0.1) is 17.8 Å². The number of nitrogens with zero attached hydrogens (tertiary/aromatic N) is 1. The number of fused-ring (bicyclic) bond motifs is 3. The first kappa shape index (κ1) is 14.8. The lowest BCUT2D eigenvalue weighted by atomic mass is 9.67. The smallest absolute Gasteiger partial charge is 0.309 e. The van der Waals surface area contributed by atoms with Gasteiger partial charge in [0.1, 0.15) is 17.4 Å². The summed E-state index contributed by atoms with van der Waals surface area (Å²) in [6.45, 7) is 0.234. The average Bonchev–Trinajstić information content (AvgIpc) is 2.95. The first-order chi connectivity index (χ1) is 11.2. The van der Waals surface area contributed by atoms with Crippen LogP contribution in [0.1, 0.15) is 37.1 Å². The number of Topliss-reactive ketones (excluding diaryl/α,β-unsaturated/α-hetero) is 1. The van der Waals surface area contributed by atoms with Crippen molar-refractivity contribution in [2.45, 2.75) is 38.7 Å². The van der Waals surface area contributed by atoms with Crippen LogP contribution < -0.4 is 0 Å². The van der Waals surface area contributed by atoms with Crippen molar-refractivity contribution < 1.29 is 14.3 Å². The molecule has 4 rings (SSSR count). The van der Waals surface area contributed by atoms with Crippen LogP contribution in [0.4, 0.5) is 0 Å². The number of para-hydroxylation sites is 1. The van der Waals surface area contributed by atoms with Gasteiger partial charge in [-0.3, -0.25) is 9.59 Å². The van der Waals surface area contributed by atoms with Gasteiger partial charge in [-0.1, -0.05) is 18.6 Å². The Morgan fingerprint density at radius 2 is 1.96 bits per heavy atom. The SMILES string of the molecule is O=C(OCc1nc2ccccc2s1)C1CC2CCCC(C1)C2=O. The molecule has 4 nitrogen and oxygen atoms in total. The Morgan fingerprint density at radius 3 is 2.70 bits per heavy atom. The molecule has 1 heterocycles. The third kappa shape index (κ3) is 2.90. The minimum atomic E-state index is -0.159. The van der Waals surface area contributed by atoms with Gasteiger partial charge in [0.2, 0.25) is 0 Å². The van der Waals surface area contributed by atoms with Crippen LogP contribution in [-0.2, 0) is 20.9 Å². The van der Waals surface area contributed by atoms with Crippen molar-refractivity contribution >= 4 is 33.3 Å². The lowest BCUT2D eigenvalue weighted by molar-refractivity contribution is -0.154. The molecule has 120 valence electrons. The highest BCUT2D eigenvalue weighted by molar-refractivity contribution is 7.18. The van der Waals surface area contributed by atoms with E-state index in [4.69, 9.17) is 4.74 Å². The molecular formula is C18H19NO3S. The number of ketones is 1. The predicted molar refractivity (Wildman–Crippen MR) is 88.0 cm³/mol. The van der Waals surface area contributed by atoms with Crippen molar-refractivity contribution in [3.63, 3.8) is 0 Å². The average molecular weight is 329 g/mol. The number of esters is 1. The standard InChI is InChI=1S/C18H19NO3S/c20-17-11-4-3-5-12(17)9-13(8-11)18(21)22-10-16-19-14-6-1-2-7-15(14)23-16/h1-2,6-7,11-13H,3-5,8-10H2. The molecule has 0 spiro atoms. The van der Waals surface area contributed by atoms with Gasteiger partial charge in [0.05, 0.1) is 16.1 Å². The van der Waals surface area contributed by atoms with Crippen molar-refractivity contribution in [1.82, 2.24) is 4.98 Å². The summed E-state index contributed by atoms with van der Waals surface area (Å²) in [4.78, 5) is 28.9. The summed E-state index contributed by atoms with van der Waals surface area (Å²) in [5.41, 5.74) is 0.946. The van der Waals surface area contributed by atoms with Crippen LogP contribution in [0.25, 0.3) is 10.2 Å². The lowest BCUT2D eigenvalue weighted by Crippen LogP contribution is -2.39. The van der Waals surface area contributed by atoms with Crippen LogP contribution in [0.15, 0.2) is 24.3 Å². The van der Waals surface area contributed by atoms with E-state index in [1.165, 1.54) is 0 Å². The molecule has 1 aromatic heterocycles.